The summed E-state index contributed by atoms with van der Waals surface area (Å²) in [4.78, 5) is 18.3. The number of likely N-dealkylation sites (tertiary alicyclic amines) is 1. The molecule has 4 N–H and O–H groups in total. The molecule has 7 nitrogen and oxygen atoms in total. The Kier molecular flexibility index (Phi) is 7.08. The molecule has 1 fully saturated rings. The maximum absolute atomic E-state index is 11.2. The molecule has 0 spiro atoms. The SMILES string of the molecule is CCNC(=NCc1ccc(C(N)=O)cc1)NCC(c1ccco1)N1CCCC1. The van der Waals surface area contributed by atoms with Crippen LogP contribution in [0.3, 0.4) is 0 Å². The van der Waals surface area contributed by atoms with Crippen molar-refractivity contribution in [3.05, 3.63) is 59.5 Å². The summed E-state index contributed by atoms with van der Waals surface area (Å²) >= 11 is 0. The topological polar surface area (TPSA) is 95.9 Å². The number of hydrogen-bond donors (Lipinski definition) is 3. The molecular weight excluding hydrogens is 354 g/mol. The van der Waals surface area contributed by atoms with E-state index in [9.17, 15) is 4.79 Å². The van der Waals surface area contributed by atoms with E-state index >= 15 is 0 Å². The van der Waals surface area contributed by atoms with Crippen LogP contribution in [0, 0.1) is 0 Å². The highest BCUT2D eigenvalue weighted by Crippen LogP contribution is 2.24. The normalized spacial score (nSPS) is 16.1. The van der Waals surface area contributed by atoms with E-state index in [-0.39, 0.29) is 6.04 Å². The van der Waals surface area contributed by atoms with E-state index < -0.39 is 5.91 Å². The number of nitrogens with one attached hydrogen (secondary N) is 2. The number of guanidine groups is 1. The molecule has 1 amide bonds. The van der Waals surface area contributed by atoms with Crippen molar-refractivity contribution in [1.29, 1.82) is 0 Å². The molecule has 0 bridgehead atoms. The Hall–Kier alpha value is -2.80. The molecule has 150 valence electrons. The molecule has 2 aromatic rings. The van der Waals surface area contributed by atoms with Crippen molar-refractivity contribution in [2.45, 2.75) is 32.4 Å². The third-order valence-corrected chi connectivity index (χ3v) is 4.92. The number of nitrogens with zero attached hydrogens (tertiary/aromatic N) is 2. The maximum Gasteiger partial charge on any atom is 0.248 e. The van der Waals surface area contributed by atoms with Gasteiger partial charge in [0.1, 0.15) is 5.76 Å². The van der Waals surface area contributed by atoms with Gasteiger partial charge < -0.3 is 20.8 Å². The van der Waals surface area contributed by atoms with Gasteiger partial charge in [-0.3, -0.25) is 9.69 Å². The summed E-state index contributed by atoms with van der Waals surface area (Å²) in [6, 6.07) is 11.4. The van der Waals surface area contributed by atoms with Crippen LogP contribution >= 0.6 is 0 Å². The van der Waals surface area contributed by atoms with Crippen molar-refractivity contribution in [2.75, 3.05) is 26.2 Å². The molecule has 1 aromatic heterocycles. The van der Waals surface area contributed by atoms with Crippen LogP contribution < -0.4 is 16.4 Å². The van der Waals surface area contributed by atoms with E-state index in [1.54, 1.807) is 18.4 Å². The van der Waals surface area contributed by atoms with Gasteiger partial charge in [0.15, 0.2) is 5.96 Å². The molecule has 7 heteroatoms. The Balaban J connectivity index is 1.63. The summed E-state index contributed by atoms with van der Waals surface area (Å²) in [6.07, 6.45) is 4.19. The summed E-state index contributed by atoms with van der Waals surface area (Å²) in [6.45, 7) is 6.24. The molecule has 1 aliphatic rings. The van der Waals surface area contributed by atoms with Crippen LogP contribution in [0.2, 0.25) is 0 Å². The van der Waals surface area contributed by atoms with E-state index in [2.05, 4.69) is 20.5 Å². The monoisotopic (exact) mass is 383 g/mol. The third kappa shape index (κ3) is 5.36. The lowest BCUT2D eigenvalue weighted by atomic mass is 10.1. The van der Waals surface area contributed by atoms with Crippen molar-refractivity contribution in [2.24, 2.45) is 10.7 Å². The number of aliphatic imine (C=N–C) groups is 1. The Morgan fingerprint density at radius 2 is 1.96 bits per heavy atom. The van der Waals surface area contributed by atoms with Crippen LogP contribution in [0.15, 0.2) is 52.1 Å². The van der Waals surface area contributed by atoms with Crippen molar-refractivity contribution in [1.82, 2.24) is 15.5 Å². The van der Waals surface area contributed by atoms with E-state index in [1.807, 2.05) is 31.2 Å². The minimum atomic E-state index is -0.420. The van der Waals surface area contributed by atoms with Crippen molar-refractivity contribution in [3.8, 4) is 0 Å². The summed E-state index contributed by atoms with van der Waals surface area (Å²) in [7, 11) is 0. The van der Waals surface area contributed by atoms with Crippen LogP contribution in [0.25, 0.3) is 0 Å². The largest absolute Gasteiger partial charge is 0.468 e. The average Bonchev–Trinajstić information content (AvgIpc) is 3.41. The summed E-state index contributed by atoms with van der Waals surface area (Å²) in [5.74, 6) is 1.32. The van der Waals surface area contributed by atoms with Crippen LogP contribution in [-0.2, 0) is 6.54 Å². The zero-order chi connectivity index (χ0) is 19.8. The number of primary amides is 1. The molecule has 2 heterocycles. The molecule has 1 aliphatic heterocycles. The molecule has 0 aliphatic carbocycles. The number of benzene rings is 1. The highest BCUT2D eigenvalue weighted by Gasteiger charge is 2.25. The van der Waals surface area contributed by atoms with Gasteiger partial charge in [-0.1, -0.05) is 12.1 Å². The Labute approximate surface area is 166 Å². The molecule has 1 saturated heterocycles. The number of carbonyl (C=O) groups excluding carboxylic acids is 1. The van der Waals surface area contributed by atoms with E-state index in [0.717, 1.165) is 43.5 Å². The molecule has 28 heavy (non-hydrogen) atoms. The number of amides is 1. The third-order valence-electron chi connectivity index (χ3n) is 4.92. The van der Waals surface area contributed by atoms with Gasteiger partial charge in [0.25, 0.3) is 0 Å². The zero-order valence-corrected chi connectivity index (χ0v) is 16.4. The summed E-state index contributed by atoms with van der Waals surface area (Å²) in [5, 5.41) is 6.74. The molecule has 3 rings (SSSR count). The number of nitrogens with two attached hydrogens (primary N) is 1. The lowest BCUT2D eigenvalue weighted by Crippen LogP contribution is -2.42. The number of hydrogen-bond acceptors (Lipinski definition) is 4. The lowest BCUT2D eigenvalue weighted by molar-refractivity contribution is 0.100. The van der Waals surface area contributed by atoms with Gasteiger partial charge in [-0.05, 0) is 62.7 Å². The van der Waals surface area contributed by atoms with Crippen LogP contribution in [0.5, 0.6) is 0 Å². The quantitative estimate of drug-likeness (QED) is 0.480. The highest BCUT2D eigenvalue weighted by atomic mass is 16.3. The van der Waals surface area contributed by atoms with E-state index in [0.29, 0.717) is 12.1 Å². The Morgan fingerprint density at radius 3 is 2.57 bits per heavy atom. The first-order valence-electron chi connectivity index (χ1n) is 9.85. The van der Waals surface area contributed by atoms with Gasteiger partial charge in [0, 0.05) is 18.7 Å². The molecule has 1 aromatic carbocycles. The lowest BCUT2D eigenvalue weighted by Gasteiger charge is -2.26. The van der Waals surface area contributed by atoms with Gasteiger partial charge in [0.05, 0.1) is 18.8 Å². The van der Waals surface area contributed by atoms with Crippen LogP contribution in [0.1, 0.15) is 47.5 Å². The smallest absolute Gasteiger partial charge is 0.248 e. The number of carbonyl (C=O) groups is 1. The van der Waals surface area contributed by atoms with Gasteiger partial charge in [-0.15, -0.1) is 0 Å². The van der Waals surface area contributed by atoms with Gasteiger partial charge in [-0.2, -0.15) is 0 Å². The first-order valence-corrected chi connectivity index (χ1v) is 9.85. The minimum absolute atomic E-state index is 0.191. The van der Waals surface area contributed by atoms with Crippen molar-refractivity contribution < 1.29 is 9.21 Å². The van der Waals surface area contributed by atoms with Crippen molar-refractivity contribution in [3.63, 3.8) is 0 Å². The van der Waals surface area contributed by atoms with Crippen molar-refractivity contribution >= 4 is 11.9 Å². The van der Waals surface area contributed by atoms with E-state index in [4.69, 9.17) is 10.2 Å². The fraction of sp³-hybridized carbons (Fsp3) is 0.429. The fourth-order valence-electron chi connectivity index (χ4n) is 3.42. The molecule has 1 atom stereocenters. The second-order valence-corrected chi connectivity index (χ2v) is 6.91. The molecule has 0 saturated carbocycles. The highest BCUT2D eigenvalue weighted by molar-refractivity contribution is 5.92. The predicted molar refractivity (Wildman–Crippen MR) is 110 cm³/mol. The average molecular weight is 383 g/mol. The minimum Gasteiger partial charge on any atom is -0.468 e. The predicted octanol–water partition coefficient (Wildman–Crippen LogP) is 2.27. The first-order chi connectivity index (χ1) is 13.7. The number of rotatable bonds is 8. The molecular formula is C21H29N5O2. The molecule has 1 unspecified atom stereocenters. The van der Waals surface area contributed by atoms with Crippen LogP contribution in [0.4, 0.5) is 0 Å². The summed E-state index contributed by atoms with van der Waals surface area (Å²) in [5.41, 5.74) is 6.81. The molecule has 0 radical (unpaired) electrons. The standard InChI is InChI=1S/C21H29N5O2/c1-2-23-21(24-14-16-7-9-17(10-8-16)20(22)27)25-15-18(19-6-5-13-28-19)26-11-3-4-12-26/h5-10,13,18H,2-4,11-12,14-15H2,1H3,(H2,22,27)(H2,23,24,25). The Bertz CT molecular complexity index is 765. The maximum atomic E-state index is 11.2. The van der Waals surface area contributed by atoms with E-state index in [1.165, 1.54) is 12.8 Å². The Morgan fingerprint density at radius 1 is 1.21 bits per heavy atom. The van der Waals surface area contributed by atoms with Crippen LogP contribution in [-0.4, -0.2) is 42.9 Å². The first kappa shape index (κ1) is 19.9. The fourth-order valence-corrected chi connectivity index (χ4v) is 3.42. The van der Waals surface area contributed by atoms with Gasteiger partial charge in [0.2, 0.25) is 5.91 Å². The zero-order valence-electron chi connectivity index (χ0n) is 16.4. The van der Waals surface area contributed by atoms with Gasteiger partial charge in [-0.25, -0.2) is 4.99 Å². The summed E-state index contributed by atoms with van der Waals surface area (Å²) < 4.78 is 5.68. The second kappa shape index (κ2) is 9.94. The second-order valence-electron chi connectivity index (χ2n) is 6.91. The van der Waals surface area contributed by atoms with Gasteiger partial charge >= 0.3 is 0 Å². The number of furan rings is 1.